The number of hydrogen-bond acceptors (Lipinski definition) is 1. The van der Waals surface area contributed by atoms with Crippen molar-refractivity contribution >= 4 is 6.08 Å². The van der Waals surface area contributed by atoms with E-state index in [0.717, 1.165) is 5.56 Å². The molecule has 1 nitrogen and oxygen atoms in total. The summed E-state index contributed by atoms with van der Waals surface area (Å²) in [7, 11) is 0. The molecule has 0 aliphatic carbocycles. The summed E-state index contributed by atoms with van der Waals surface area (Å²) < 4.78 is 0. The maximum atomic E-state index is 9.35. The topological polar surface area (TPSA) is 20.2 Å². The minimum Gasteiger partial charge on any atom is -0.508 e. The van der Waals surface area contributed by atoms with Gasteiger partial charge in [-0.25, -0.2) is 0 Å². The van der Waals surface area contributed by atoms with E-state index in [1.165, 1.54) is 51.4 Å². The van der Waals surface area contributed by atoms with E-state index in [1.807, 2.05) is 30.4 Å². The molecular weight excluding hydrogens is 268 g/mol. The van der Waals surface area contributed by atoms with Crippen molar-refractivity contribution < 1.29 is 5.11 Å². The van der Waals surface area contributed by atoms with Crippen LogP contribution in [0.2, 0.25) is 0 Å². The molecule has 0 aliphatic heterocycles. The van der Waals surface area contributed by atoms with Crippen molar-refractivity contribution in [3.8, 4) is 5.75 Å². The molecule has 120 valence electrons. The highest BCUT2D eigenvalue weighted by Gasteiger charge is 1.89. The summed E-state index contributed by atoms with van der Waals surface area (Å²) in [6.07, 6.45) is 23.1. The molecule has 0 saturated carbocycles. The lowest BCUT2D eigenvalue weighted by Crippen LogP contribution is -1.78. The van der Waals surface area contributed by atoms with E-state index in [4.69, 9.17) is 0 Å². The number of aromatic hydroxyl groups is 1. The Balaban J connectivity index is 2.05. The Bertz CT molecular complexity index is 469. The van der Waals surface area contributed by atoms with Crippen LogP contribution in [0, 0.1) is 0 Å². The van der Waals surface area contributed by atoms with Crippen LogP contribution in [0.1, 0.15) is 63.9 Å². The maximum Gasteiger partial charge on any atom is 0.116 e. The van der Waals surface area contributed by atoms with Crippen LogP contribution in [0.4, 0.5) is 0 Å². The number of allylic oxidation sites excluding steroid dienone is 5. The number of phenols is 1. The van der Waals surface area contributed by atoms with E-state index in [-0.39, 0.29) is 0 Å². The van der Waals surface area contributed by atoms with E-state index < -0.39 is 0 Å². The molecule has 0 amide bonds. The SMILES string of the molecule is CCCCCCCCC/C=C/C=C/C=C/c1cccc(O)c1. The molecule has 0 aromatic heterocycles. The van der Waals surface area contributed by atoms with Crippen molar-refractivity contribution in [2.45, 2.75) is 58.3 Å². The summed E-state index contributed by atoms with van der Waals surface area (Å²) in [5, 5.41) is 9.35. The van der Waals surface area contributed by atoms with Gasteiger partial charge < -0.3 is 5.11 Å². The van der Waals surface area contributed by atoms with E-state index in [0.29, 0.717) is 5.75 Å². The Morgan fingerprint density at radius 1 is 0.864 bits per heavy atom. The Morgan fingerprint density at radius 2 is 1.59 bits per heavy atom. The third kappa shape index (κ3) is 10.0. The molecule has 0 atom stereocenters. The fraction of sp³-hybridized carbons (Fsp3) is 0.429. The molecule has 0 spiro atoms. The van der Waals surface area contributed by atoms with Crippen LogP contribution in [0.15, 0.2) is 54.6 Å². The summed E-state index contributed by atoms with van der Waals surface area (Å²) in [5.74, 6) is 0.306. The predicted octanol–water partition coefficient (Wildman–Crippen LogP) is 6.66. The zero-order valence-corrected chi connectivity index (χ0v) is 13.9. The van der Waals surface area contributed by atoms with Gasteiger partial charge in [0.2, 0.25) is 0 Å². The van der Waals surface area contributed by atoms with Crippen molar-refractivity contribution in [2.75, 3.05) is 0 Å². The van der Waals surface area contributed by atoms with E-state index >= 15 is 0 Å². The standard InChI is InChI=1S/C21H30O/c1-2-3-4-5-6-7-8-9-10-11-12-13-14-16-20-17-15-18-21(22)19-20/h10-19,22H,2-9H2,1H3/b11-10+,13-12+,16-14+. The molecule has 1 heteroatoms. The zero-order valence-electron chi connectivity index (χ0n) is 13.9. The van der Waals surface area contributed by atoms with Crippen molar-refractivity contribution in [1.82, 2.24) is 0 Å². The molecule has 0 fully saturated rings. The van der Waals surface area contributed by atoms with Crippen molar-refractivity contribution in [2.24, 2.45) is 0 Å². The molecule has 1 aromatic carbocycles. The first-order chi connectivity index (χ1) is 10.8. The van der Waals surface area contributed by atoms with E-state index in [1.54, 1.807) is 12.1 Å². The van der Waals surface area contributed by atoms with Crippen molar-refractivity contribution in [1.29, 1.82) is 0 Å². The van der Waals surface area contributed by atoms with Crippen molar-refractivity contribution in [3.05, 3.63) is 60.2 Å². The van der Waals surface area contributed by atoms with E-state index in [2.05, 4.69) is 25.2 Å². The van der Waals surface area contributed by atoms with Gasteiger partial charge in [0.1, 0.15) is 5.75 Å². The van der Waals surface area contributed by atoms with Gasteiger partial charge in [0, 0.05) is 0 Å². The molecule has 0 saturated heterocycles. The lowest BCUT2D eigenvalue weighted by atomic mass is 10.1. The van der Waals surface area contributed by atoms with Gasteiger partial charge in [-0.1, -0.05) is 94.0 Å². The van der Waals surface area contributed by atoms with Gasteiger partial charge in [0.15, 0.2) is 0 Å². The maximum absolute atomic E-state index is 9.35. The first-order valence-electron chi connectivity index (χ1n) is 8.62. The largest absolute Gasteiger partial charge is 0.508 e. The van der Waals surface area contributed by atoms with Crippen LogP contribution in [-0.2, 0) is 0 Å². The highest BCUT2D eigenvalue weighted by molar-refractivity contribution is 5.53. The van der Waals surface area contributed by atoms with Crippen LogP contribution in [-0.4, -0.2) is 5.11 Å². The minimum absolute atomic E-state index is 0.306. The molecule has 0 heterocycles. The summed E-state index contributed by atoms with van der Waals surface area (Å²) in [4.78, 5) is 0. The lowest BCUT2D eigenvalue weighted by molar-refractivity contribution is 0.475. The van der Waals surface area contributed by atoms with Crippen LogP contribution in [0.5, 0.6) is 5.75 Å². The van der Waals surface area contributed by atoms with Crippen LogP contribution >= 0.6 is 0 Å². The highest BCUT2D eigenvalue weighted by atomic mass is 16.3. The van der Waals surface area contributed by atoms with Crippen LogP contribution < -0.4 is 0 Å². The van der Waals surface area contributed by atoms with E-state index in [9.17, 15) is 5.11 Å². The van der Waals surface area contributed by atoms with Gasteiger partial charge in [-0.15, -0.1) is 0 Å². The van der Waals surface area contributed by atoms with Crippen molar-refractivity contribution in [3.63, 3.8) is 0 Å². The average Bonchev–Trinajstić information content (AvgIpc) is 2.52. The molecule has 0 unspecified atom stereocenters. The second-order valence-electron chi connectivity index (χ2n) is 5.68. The monoisotopic (exact) mass is 298 g/mol. The average molecular weight is 298 g/mol. The van der Waals surface area contributed by atoms with Gasteiger partial charge in [0.25, 0.3) is 0 Å². The number of rotatable bonds is 11. The summed E-state index contributed by atoms with van der Waals surface area (Å²) in [6, 6.07) is 7.25. The number of unbranched alkanes of at least 4 members (excludes halogenated alkanes) is 7. The molecule has 22 heavy (non-hydrogen) atoms. The Hall–Kier alpha value is -1.76. The third-order valence-corrected chi connectivity index (χ3v) is 3.60. The lowest BCUT2D eigenvalue weighted by Gasteiger charge is -1.98. The Morgan fingerprint density at radius 3 is 2.36 bits per heavy atom. The molecule has 1 N–H and O–H groups in total. The fourth-order valence-corrected chi connectivity index (χ4v) is 2.32. The van der Waals surface area contributed by atoms with Gasteiger partial charge in [-0.3, -0.25) is 0 Å². The molecule has 1 rings (SSSR count). The summed E-state index contributed by atoms with van der Waals surface area (Å²) in [6.45, 7) is 2.26. The second-order valence-corrected chi connectivity index (χ2v) is 5.68. The number of hydrogen-bond donors (Lipinski definition) is 1. The van der Waals surface area contributed by atoms with Crippen LogP contribution in [0.3, 0.4) is 0 Å². The summed E-state index contributed by atoms with van der Waals surface area (Å²) in [5.41, 5.74) is 1.01. The zero-order chi connectivity index (χ0) is 15.9. The molecule has 0 radical (unpaired) electrons. The second kappa shape index (κ2) is 12.9. The first kappa shape index (κ1) is 18.3. The normalized spacial score (nSPS) is 12.0. The predicted molar refractivity (Wildman–Crippen MR) is 98.0 cm³/mol. The third-order valence-electron chi connectivity index (χ3n) is 3.60. The molecule has 0 aliphatic rings. The minimum atomic E-state index is 0.306. The Kier molecular flexibility index (Phi) is 10.8. The van der Waals surface area contributed by atoms with Gasteiger partial charge in [-0.2, -0.15) is 0 Å². The quantitative estimate of drug-likeness (QED) is 0.358. The molecule has 0 bridgehead atoms. The van der Waals surface area contributed by atoms with Crippen LogP contribution in [0.25, 0.3) is 6.08 Å². The number of phenolic OH excluding ortho intramolecular Hbond substituents is 1. The van der Waals surface area contributed by atoms with Gasteiger partial charge in [-0.05, 0) is 30.5 Å². The highest BCUT2D eigenvalue weighted by Crippen LogP contribution is 2.12. The van der Waals surface area contributed by atoms with Gasteiger partial charge >= 0.3 is 0 Å². The number of benzene rings is 1. The molecule has 1 aromatic rings. The fourth-order valence-electron chi connectivity index (χ4n) is 2.32. The molecular formula is C21H30O. The smallest absolute Gasteiger partial charge is 0.116 e. The summed E-state index contributed by atoms with van der Waals surface area (Å²) >= 11 is 0. The first-order valence-corrected chi connectivity index (χ1v) is 8.62. The Labute approximate surface area is 136 Å². The van der Waals surface area contributed by atoms with Gasteiger partial charge in [0.05, 0.1) is 0 Å².